The number of aromatic amines is 1. The second-order valence-corrected chi connectivity index (χ2v) is 4.03. The van der Waals surface area contributed by atoms with Crippen LogP contribution in [0.25, 0.3) is 10.9 Å². The molecule has 0 aliphatic rings. The van der Waals surface area contributed by atoms with Crippen molar-refractivity contribution in [3.8, 4) is 0 Å². The van der Waals surface area contributed by atoms with Crippen LogP contribution in [0.15, 0.2) is 42.7 Å². The van der Waals surface area contributed by atoms with Crippen LogP contribution in [0, 0.1) is 0 Å². The molecule has 0 spiro atoms. The molecule has 0 unspecified atom stereocenters. The van der Waals surface area contributed by atoms with E-state index in [9.17, 15) is 4.79 Å². The summed E-state index contributed by atoms with van der Waals surface area (Å²) in [4.78, 5) is 16.3. The van der Waals surface area contributed by atoms with Crippen molar-refractivity contribution in [3.63, 3.8) is 0 Å². The van der Waals surface area contributed by atoms with Gasteiger partial charge in [-0.2, -0.15) is 5.10 Å². The number of pyridine rings is 1. The molecule has 0 atom stereocenters. The minimum Gasteiger partial charge on any atom is -0.383 e. The number of carbonyl (C=O) groups is 1. The van der Waals surface area contributed by atoms with Gasteiger partial charge in [0.05, 0.1) is 17.4 Å². The van der Waals surface area contributed by atoms with E-state index in [0.717, 1.165) is 10.9 Å². The average molecular weight is 253 g/mol. The Morgan fingerprint density at radius 3 is 2.95 bits per heavy atom. The van der Waals surface area contributed by atoms with E-state index in [1.54, 1.807) is 6.20 Å². The summed E-state index contributed by atoms with van der Waals surface area (Å²) >= 11 is 0. The molecule has 0 aliphatic heterocycles. The SMILES string of the molecule is Nc1[nH]ncc1C(=O)Nc1cccc2ncccc12. The molecule has 19 heavy (non-hydrogen) atoms. The van der Waals surface area contributed by atoms with Gasteiger partial charge in [-0.3, -0.25) is 14.9 Å². The number of benzene rings is 1. The van der Waals surface area contributed by atoms with Gasteiger partial charge in [0.25, 0.3) is 5.91 Å². The van der Waals surface area contributed by atoms with Crippen LogP contribution < -0.4 is 11.1 Å². The summed E-state index contributed by atoms with van der Waals surface area (Å²) in [5.74, 6) is -0.0570. The molecule has 1 aromatic carbocycles. The Hall–Kier alpha value is -2.89. The molecule has 0 fully saturated rings. The maximum atomic E-state index is 12.1. The zero-order valence-corrected chi connectivity index (χ0v) is 9.92. The van der Waals surface area contributed by atoms with Gasteiger partial charge in [0, 0.05) is 11.6 Å². The molecule has 0 saturated carbocycles. The van der Waals surface area contributed by atoms with Gasteiger partial charge in [-0.05, 0) is 24.3 Å². The Morgan fingerprint density at radius 1 is 1.26 bits per heavy atom. The van der Waals surface area contributed by atoms with Crippen molar-refractivity contribution in [2.24, 2.45) is 0 Å². The number of anilines is 2. The second-order valence-electron chi connectivity index (χ2n) is 4.03. The van der Waals surface area contributed by atoms with Gasteiger partial charge in [0.1, 0.15) is 11.4 Å². The summed E-state index contributed by atoms with van der Waals surface area (Å²) in [6, 6.07) is 9.26. The highest BCUT2D eigenvalue weighted by Crippen LogP contribution is 2.22. The molecule has 0 saturated heterocycles. The molecular formula is C13H11N5O. The zero-order chi connectivity index (χ0) is 13.2. The fourth-order valence-corrected chi connectivity index (χ4v) is 1.88. The van der Waals surface area contributed by atoms with Crippen LogP contribution in [0.2, 0.25) is 0 Å². The largest absolute Gasteiger partial charge is 0.383 e. The molecule has 6 nitrogen and oxygen atoms in total. The van der Waals surface area contributed by atoms with Gasteiger partial charge < -0.3 is 11.1 Å². The Morgan fingerprint density at radius 2 is 2.16 bits per heavy atom. The molecule has 2 aromatic heterocycles. The lowest BCUT2D eigenvalue weighted by molar-refractivity contribution is 0.102. The van der Waals surface area contributed by atoms with Crippen LogP contribution >= 0.6 is 0 Å². The third-order valence-electron chi connectivity index (χ3n) is 2.81. The molecule has 2 heterocycles. The van der Waals surface area contributed by atoms with Crippen molar-refractivity contribution >= 4 is 28.3 Å². The number of H-pyrrole nitrogens is 1. The summed E-state index contributed by atoms with van der Waals surface area (Å²) in [6.45, 7) is 0. The number of aromatic nitrogens is 3. The first-order valence-corrected chi connectivity index (χ1v) is 5.69. The second kappa shape index (κ2) is 4.41. The third kappa shape index (κ3) is 1.99. The number of hydrogen-bond acceptors (Lipinski definition) is 4. The van der Waals surface area contributed by atoms with E-state index in [2.05, 4.69) is 20.5 Å². The van der Waals surface area contributed by atoms with Gasteiger partial charge in [-0.1, -0.05) is 6.07 Å². The minimum atomic E-state index is -0.303. The van der Waals surface area contributed by atoms with Crippen molar-refractivity contribution < 1.29 is 4.79 Å². The van der Waals surface area contributed by atoms with Crippen LogP contribution in [0.5, 0.6) is 0 Å². The fourth-order valence-electron chi connectivity index (χ4n) is 1.88. The van der Waals surface area contributed by atoms with Crippen molar-refractivity contribution in [3.05, 3.63) is 48.3 Å². The van der Waals surface area contributed by atoms with E-state index < -0.39 is 0 Å². The number of carbonyl (C=O) groups excluding carboxylic acids is 1. The van der Waals surface area contributed by atoms with E-state index >= 15 is 0 Å². The van der Waals surface area contributed by atoms with Crippen LogP contribution in [-0.4, -0.2) is 21.1 Å². The average Bonchev–Trinajstić information content (AvgIpc) is 2.85. The quantitative estimate of drug-likeness (QED) is 0.648. The fraction of sp³-hybridized carbons (Fsp3) is 0. The standard InChI is InChI=1S/C13H11N5O/c14-12-9(7-16-18-12)13(19)17-11-5-1-4-10-8(11)3-2-6-15-10/h1-7H,(H,17,19)(H3,14,16,18). The highest BCUT2D eigenvalue weighted by Gasteiger charge is 2.12. The first-order chi connectivity index (χ1) is 9.25. The van der Waals surface area contributed by atoms with Gasteiger partial charge in [-0.15, -0.1) is 0 Å². The summed E-state index contributed by atoms with van der Waals surface area (Å²) in [5, 5.41) is 9.94. The van der Waals surface area contributed by atoms with Crippen LogP contribution in [0.4, 0.5) is 11.5 Å². The van der Waals surface area contributed by atoms with Crippen molar-refractivity contribution in [1.82, 2.24) is 15.2 Å². The molecule has 3 aromatic rings. The maximum absolute atomic E-state index is 12.1. The van der Waals surface area contributed by atoms with E-state index in [1.807, 2.05) is 30.3 Å². The Balaban J connectivity index is 1.98. The molecule has 0 aliphatic carbocycles. The van der Waals surface area contributed by atoms with Crippen LogP contribution in [0.1, 0.15) is 10.4 Å². The predicted octanol–water partition coefficient (Wildman–Crippen LogP) is 1.79. The van der Waals surface area contributed by atoms with Crippen molar-refractivity contribution in [2.75, 3.05) is 11.1 Å². The monoisotopic (exact) mass is 253 g/mol. The molecule has 3 rings (SSSR count). The van der Waals surface area contributed by atoms with Gasteiger partial charge >= 0.3 is 0 Å². The lowest BCUT2D eigenvalue weighted by Gasteiger charge is -2.07. The van der Waals surface area contributed by atoms with Crippen molar-refractivity contribution in [1.29, 1.82) is 0 Å². The van der Waals surface area contributed by atoms with Crippen LogP contribution in [0.3, 0.4) is 0 Å². The van der Waals surface area contributed by atoms with E-state index in [-0.39, 0.29) is 11.7 Å². The summed E-state index contributed by atoms with van der Waals surface area (Å²) in [7, 11) is 0. The van der Waals surface area contributed by atoms with Crippen LogP contribution in [-0.2, 0) is 0 Å². The van der Waals surface area contributed by atoms with E-state index in [0.29, 0.717) is 11.3 Å². The predicted molar refractivity (Wildman–Crippen MR) is 72.7 cm³/mol. The lowest BCUT2D eigenvalue weighted by Crippen LogP contribution is -2.13. The molecular weight excluding hydrogens is 242 g/mol. The van der Waals surface area contributed by atoms with E-state index in [4.69, 9.17) is 5.73 Å². The molecule has 0 radical (unpaired) electrons. The number of rotatable bonds is 2. The number of nitrogens with zero attached hydrogens (tertiary/aromatic N) is 2. The Kier molecular flexibility index (Phi) is 2.60. The first-order valence-electron chi connectivity index (χ1n) is 5.69. The summed E-state index contributed by atoms with van der Waals surface area (Å²) in [6.07, 6.45) is 3.11. The highest BCUT2D eigenvalue weighted by molar-refractivity contribution is 6.10. The topological polar surface area (TPSA) is 96.7 Å². The van der Waals surface area contributed by atoms with Gasteiger partial charge in [0.2, 0.25) is 0 Å². The molecule has 94 valence electrons. The summed E-state index contributed by atoms with van der Waals surface area (Å²) in [5.41, 5.74) is 7.45. The Bertz CT molecular complexity index is 744. The highest BCUT2D eigenvalue weighted by atomic mass is 16.1. The number of amides is 1. The number of nitrogens with one attached hydrogen (secondary N) is 2. The summed E-state index contributed by atoms with van der Waals surface area (Å²) < 4.78 is 0. The van der Waals surface area contributed by atoms with Crippen molar-refractivity contribution in [2.45, 2.75) is 0 Å². The van der Waals surface area contributed by atoms with Gasteiger partial charge in [0.15, 0.2) is 0 Å². The Labute approximate surface area is 108 Å². The molecule has 0 bridgehead atoms. The van der Waals surface area contributed by atoms with E-state index in [1.165, 1.54) is 6.20 Å². The number of hydrogen-bond donors (Lipinski definition) is 3. The number of nitrogens with two attached hydrogens (primary N) is 1. The minimum absolute atomic E-state index is 0.246. The molecule has 6 heteroatoms. The number of nitrogen functional groups attached to an aromatic ring is 1. The zero-order valence-electron chi connectivity index (χ0n) is 9.92. The normalized spacial score (nSPS) is 10.5. The third-order valence-corrected chi connectivity index (χ3v) is 2.81. The van der Waals surface area contributed by atoms with Gasteiger partial charge in [-0.25, -0.2) is 0 Å². The molecule has 1 amide bonds. The molecule has 4 N–H and O–H groups in total. The number of fused-ring (bicyclic) bond motifs is 1. The smallest absolute Gasteiger partial charge is 0.261 e. The maximum Gasteiger partial charge on any atom is 0.261 e. The lowest BCUT2D eigenvalue weighted by atomic mass is 10.1. The first kappa shape index (κ1) is 11.2.